The maximum absolute atomic E-state index is 13.1. The molecule has 0 aliphatic rings. The maximum atomic E-state index is 13.1. The summed E-state index contributed by atoms with van der Waals surface area (Å²) in [6.45, 7) is 7.32. The van der Waals surface area contributed by atoms with Gasteiger partial charge in [-0.1, -0.05) is 369 Å². The van der Waals surface area contributed by atoms with Crippen molar-refractivity contribution in [3.8, 4) is 0 Å². The molecule has 0 aromatic heterocycles. The van der Waals surface area contributed by atoms with E-state index in [-0.39, 0.29) is 25.7 Å². The molecule has 3 unspecified atom stereocenters. The summed E-state index contributed by atoms with van der Waals surface area (Å²) in [5.74, 6) is -1.33. The van der Waals surface area contributed by atoms with E-state index in [1.807, 2.05) is 0 Å². The zero-order chi connectivity index (χ0) is 71.9. The normalized spacial score (nSPS) is 14.2. The Morgan fingerprint density at radius 2 is 0.490 bits per heavy atom. The van der Waals surface area contributed by atoms with Crippen molar-refractivity contribution in [3.63, 3.8) is 0 Å². The Labute approximate surface area is 600 Å². The zero-order valence-electron chi connectivity index (χ0n) is 63.9. The summed E-state index contributed by atoms with van der Waals surface area (Å²) >= 11 is 0. The SMILES string of the molecule is CCCCCCCCCCCCCCCCCCCCCCC(=O)O[C@H](COC(=O)CCCCCCCCCCCCCCC)COP(=O)(O)OC[C@@H](O)COP(=O)(O)OC[C@@H](COC(=O)CCCCCCCCCCC(C)CC)OC(=O)CCCCCCCCCCCCCCC. The molecule has 98 heavy (non-hydrogen) atoms. The molecule has 0 rings (SSSR count). The van der Waals surface area contributed by atoms with Crippen molar-refractivity contribution >= 4 is 39.5 Å². The van der Waals surface area contributed by atoms with Crippen LogP contribution in [0.3, 0.4) is 0 Å². The van der Waals surface area contributed by atoms with Gasteiger partial charge in [-0.05, 0) is 31.6 Å². The van der Waals surface area contributed by atoms with E-state index in [0.29, 0.717) is 25.7 Å². The number of rotatable bonds is 79. The Morgan fingerprint density at radius 1 is 0.286 bits per heavy atom. The van der Waals surface area contributed by atoms with Gasteiger partial charge in [0.15, 0.2) is 12.2 Å². The lowest BCUT2D eigenvalue weighted by atomic mass is 9.99. The van der Waals surface area contributed by atoms with Crippen LogP contribution >= 0.6 is 15.6 Å². The van der Waals surface area contributed by atoms with E-state index in [0.717, 1.165) is 95.8 Å². The summed E-state index contributed by atoms with van der Waals surface area (Å²) in [5, 5.41) is 10.6. The van der Waals surface area contributed by atoms with Crippen molar-refractivity contribution in [1.29, 1.82) is 0 Å². The average Bonchev–Trinajstić information content (AvgIpc) is 1.36. The van der Waals surface area contributed by atoms with Gasteiger partial charge in [0.1, 0.15) is 19.3 Å². The average molecular weight is 1440 g/mol. The van der Waals surface area contributed by atoms with Crippen LogP contribution in [0, 0.1) is 5.92 Å². The number of hydrogen-bond acceptors (Lipinski definition) is 15. The van der Waals surface area contributed by atoms with E-state index in [2.05, 4.69) is 34.6 Å². The molecule has 0 aliphatic heterocycles. The van der Waals surface area contributed by atoms with E-state index in [1.54, 1.807) is 0 Å². The molecule has 0 aromatic carbocycles. The highest BCUT2D eigenvalue weighted by atomic mass is 31.2. The second-order valence-corrected chi connectivity index (χ2v) is 31.6. The highest BCUT2D eigenvalue weighted by Gasteiger charge is 2.30. The molecule has 582 valence electrons. The number of esters is 4. The van der Waals surface area contributed by atoms with Gasteiger partial charge >= 0.3 is 39.5 Å². The van der Waals surface area contributed by atoms with Gasteiger partial charge in [-0.15, -0.1) is 0 Å². The first-order valence-corrected chi connectivity index (χ1v) is 44.2. The molecular formula is C79H154O17P2. The minimum absolute atomic E-state index is 0.108. The number of carbonyl (C=O) groups excluding carboxylic acids is 4. The van der Waals surface area contributed by atoms with Crippen molar-refractivity contribution in [3.05, 3.63) is 0 Å². The quantitative estimate of drug-likeness (QED) is 0.0222. The number of carbonyl (C=O) groups is 4. The zero-order valence-corrected chi connectivity index (χ0v) is 65.7. The molecule has 0 saturated heterocycles. The Morgan fingerprint density at radius 3 is 0.724 bits per heavy atom. The van der Waals surface area contributed by atoms with Crippen molar-refractivity contribution in [1.82, 2.24) is 0 Å². The van der Waals surface area contributed by atoms with Gasteiger partial charge in [0, 0.05) is 25.7 Å². The molecule has 0 heterocycles. The van der Waals surface area contributed by atoms with Crippen LogP contribution in [0.5, 0.6) is 0 Å². The fourth-order valence-corrected chi connectivity index (χ4v) is 13.8. The first-order chi connectivity index (χ1) is 47.6. The summed E-state index contributed by atoms with van der Waals surface area (Å²) in [6, 6.07) is 0. The molecule has 0 bridgehead atoms. The maximum Gasteiger partial charge on any atom is 0.472 e. The molecule has 0 amide bonds. The van der Waals surface area contributed by atoms with Crippen LogP contribution in [-0.2, 0) is 65.4 Å². The molecule has 0 aromatic rings. The topological polar surface area (TPSA) is 237 Å². The van der Waals surface area contributed by atoms with Crippen LogP contribution in [0.15, 0.2) is 0 Å². The lowest BCUT2D eigenvalue weighted by Gasteiger charge is -2.21. The molecular weight excluding hydrogens is 1280 g/mol. The minimum Gasteiger partial charge on any atom is -0.462 e. The Balaban J connectivity index is 5.23. The van der Waals surface area contributed by atoms with Crippen LogP contribution < -0.4 is 0 Å². The van der Waals surface area contributed by atoms with Crippen LogP contribution in [0.25, 0.3) is 0 Å². The monoisotopic (exact) mass is 1440 g/mol. The summed E-state index contributed by atoms with van der Waals surface area (Å²) in [5.41, 5.74) is 0. The predicted molar refractivity (Wildman–Crippen MR) is 400 cm³/mol. The first kappa shape index (κ1) is 96.1. The highest BCUT2D eigenvalue weighted by Crippen LogP contribution is 2.45. The van der Waals surface area contributed by atoms with Gasteiger partial charge < -0.3 is 33.8 Å². The fourth-order valence-electron chi connectivity index (χ4n) is 12.2. The third-order valence-electron chi connectivity index (χ3n) is 18.9. The number of unbranched alkanes of at least 4 members (excludes halogenated alkanes) is 50. The number of phosphoric ester groups is 2. The second kappa shape index (κ2) is 72.0. The number of aliphatic hydroxyl groups is 1. The largest absolute Gasteiger partial charge is 0.472 e. The lowest BCUT2D eigenvalue weighted by Crippen LogP contribution is -2.30. The predicted octanol–water partition coefficient (Wildman–Crippen LogP) is 23.6. The number of aliphatic hydroxyl groups excluding tert-OH is 1. The lowest BCUT2D eigenvalue weighted by molar-refractivity contribution is -0.161. The van der Waals surface area contributed by atoms with E-state index >= 15 is 0 Å². The standard InChI is InChI=1S/C79H154O17P2/c1-6-10-13-16-19-22-25-28-29-30-31-32-33-34-37-40-43-50-55-60-65-79(84)95-74(68-89-76(81)62-57-52-47-41-38-35-26-23-20-17-14-11-7-2)70-93-97(85,86)91-66-73(80)67-92-98(87,88)94-71-75(69-90-77(82)63-58-53-48-45-44-46-51-56-61-72(5)9-4)96-78(83)64-59-54-49-42-39-36-27-24-21-18-15-12-8-3/h72-75,80H,6-71H2,1-5H3,(H,85,86)(H,87,88)/t72?,73-,74-,75-/m1/s1. The molecule has 19 heteroatoms. The van der Waals surface area contributed by atoms with E-state index in [4.69, 9.17) is 37.0 Å². The summed E-state index contributed by atoms with van der Waals surface area (Å²) in [4.78, 5) is 72.9. The highest BCUT2D eigenvalue weighted by molar-refractivity contribution is 7.47. The van der Waals surface area contributed by atoms with Crippen LogP contribution in [0.1, 0.15) is 420 Å². The van der Waals surface area contributed by atoms with Gasteiger partial charge in [-0.25, -0.2) is 9.13 Å². The molecule has 0 fully saturated rings. The second-order valence-electron chi connectivity index (χ2n) is 28.7. The summed E-state index contributed by atoms with van der Waals surface area (Å²) in [7, 11) is -9.91. The molecule has 0 aliphatic carbocycles. The number of ether oxygens (including phenoxy) is 4. The van der Waals surface area contributed by atoms with Crippen molar-refractivity contribution < 1.29 is 80.2 Å². The summed E-state index contributed by atoms with van der Waals surface area (Å²) in [6.07, 6.45) is 62.3. The Kier molecular flexibility index (Phi) is 70.6. The van der Waals surface area contributed by atoms with Gasteiger partial charge in [-0.3, -0.25) is 37.3 Å². The third-order valence-corrected chi connectivity index (χ3v) is 20.8. The smallest absolute Gasteiger partial charge is 0.462 e. The fraction of sp³-hybridized carbons (Fsp3) is 0.949. The van der Waals surface area contributed by atoms with Gasteiger partial charge in [0.25, 0.3) is 0 Å². The van der Waals surface area contributed by atoms with Crippen LogP contribution in [0.4, 0.5) is 0 Å². The molecule has 0 radical (unpaired) electrons. The van der Waals surface area contributed by atoms with Gasteiger partial charge in [0.2, 0.25) is 0 Å². The van der Waals surface area contributed by atoms with Crippen molar-refractivity contribution in [2.24, 2.45) is 5.92 Å². The van der Waals surface area contributed by atoms with E-state index in [1.165, 1.54) is 244 Å². The molecule has 0 saturated carbocycles. The van der Waals surface area contributed by atoms with Crippen molar-refractivity contribution in [2.45, 2.75) is 438 Å². The Hall–Kier alpha value is -1.94. The van der Waals surface area contributed by atoms with E-state index < -0.39 is 97.5 Å². The van der Waals surface area contributed by atoms with Crippen molar-refractivity contribution in [2.75, 3.05) is 39.6 Å². The minimum atomic E-state index is -4.96. The van der Waals surface area contributed by atoms with E-state index in [9.17, 15) is 43.2 Å². The summed E-state index contributed by atoms with van der Waals surface area (Å²) < 4.78 is 68.7. The molecule has 6 atom stereocenters. The van der Waals surface area contributed by atoms with Gasteiger partial charge in [0.05, 0.1) is 26.4 Å². The number of hydrogen-bond donors (Lipinski definition) is 3. The number of phosphoric acid groups is 2. The molecule has 0 spiro atoms. The van der Waals surface area contributed by atoms with Crippen LogP contribution in [0.2, 0.25) is 0 Å². The Bertz CT molecular complexity index is 1880. The first-order valence-electron chi connectivity index (χ1n) is 41.2. The third kappa shape index (κ3) is 71.1. The molecule has 3 N–H and O–H groups in total. The van der Waals surface area contributed by atoms with Crippen LogP contribution in [-0.4, -0.2) is 96.7 Å². The molecule has 17 nitrogen and oxygen atoms in total. The van der Waals surface area contributed by atoms with Gasteiger partial charge in [-0.2, -0.15) is 0 Å².